The normalized spacial score (nSPS) is 22.1. The third-order valence-corrected chi connectivity index (χ3v) is 5.41. The number of aromatic nitrogens is 2. The molecule has 2 rings (SSSR count). The van der Waals surface area contributed by atoms with Crippen molar-refractivity contribution in [1.82, 2.24) is 9.97 Å². The van der Waals surface area contributed by atoms with Crippen molar-refractivity contribution >= 4 is 34.9 Å². The number of thioether (sulfide) groups is 1. The van der Waals surface area contributed by atoms with E-state index in [1.165, 1.54) is 11.8 Å². The molecule has 0 amide bonds. The summed E-state index contributed by atoms with van der Waals surface area (Å²) in [4.78, 5) is 19.2. The molecule has 1 aromatic heterocycles. The van der Waals surface area contributed by atoms with Crippen LogP contribution in [-0.4, -0.2) is 68.1 Å². The second-order valence-corrected chi connectivity index (χ2v) is 8.63. The molecule has 0 radical (unpaired) electrons. The maximum Gasteiger partial charge on any atom is 0.348 e. The van der Waals surface area contributed by atoms with Gasteiger partial charge in [-0.25, -0.2) is 4.98 Å². The Kier molecular flexibility index (Phi) is 8.86. The van der Waals surface area contributed by atoms with E-state index in [4.69, 9.17) is 31.3 Å². The summed E-state index contributed by atoms with van der Waals surface area (Å²) in [6, 6.07) is -0.236. The zero-order valence-corrected chi connectivity index (χ0v) is 18.3. The number of anilines is 1. The molecule has 1 heterocycles. The number of halogens is 1. The first kappa shape index (κ1) is 24.0. The Labute approximate surface area is 178 Å². The van der Waals surface area contributed by atoms with Crippen molar-refractivity contribution in [2.45, 2.75) is 69.2 Å². The van der Waals surface area contributed by atoms with Gasteiger partial charge in [0.05, 0.1) is 30.3 Å². The van der Waals surface area contributed by atoms with Crippen LogP contribution in [0.1, 0.15) is 40.0 Å². The Morgan fingerprint density at radius 3 is 2.69 bits per heavy atom. The minimum Gasteiger partial charge on any atom is -0.420 e. The van der Waals surface area contributed by atoms with Crippen LogP contribution in [0.2, 0.25) is 5.15 Å². The fourth-order valence-corrected chi connectivity index (χ4v) is 4.07. The van der Waals surface area contributed by atoms with Gasteiger partial charge in [-0.2, -0.15) is 4.98 Å². The van der Waals surface area contributed by atoms with Gasteiger partial charge in [-0.15, -0.1) is 0 Å². The number of aliphatic hydroxyl groups excluding tert-OH is 1. The van der Waals surface area contributed by atoms with Gasteiger partial charge in [-0.1, -0.05) is 30.3 Å². The number of nitro groups is 1. The molecule has 0 bridgehead atoms. The molecule has 0 aromatic carbocycles. The molecule has 0 aliphatic heterocycles. The van der Waals surface area contributed by atoms with Crippen LogP contribution in [0, 0.1) is 10.1 Å². The molecule has 1 fully saturated rings. The highest BCUT2D eigenvalue weighted by Crippen LogP contribution is 2.36. The number of aliphatic hydroxyl groups is 1. The van der Waals surface area contributed by atoms with E-state index in [0.717, 1.165) is 12.2 Å². The van der Waals surface area contributed by atoms with Crippen molar-refractivity contribution in [2.24, 2.45) is 0 Å². The Morgan fingerprint density at radius 2 is 2.10 bits per heavy atom. The summed E-state index contributed by atoms with van der Waals surface area (Å²) in [5.41, 5.74) is -0.370. The zero-order valence-electron chi connectivity index (χ0n) is 16.7. The average Bonchev–Trinajstić information content (AvgIpc) is 2.96. The second kappa shape index (κ2) is 10.7. The van der Waals surface area contributed by atoms with Gasteiger partial charge in [0, 0.05) is 25.6 Å². The van der Waals surface area contributed by atoms with Crippen molar-refractivity contribution in [1.29, 1.82) is 0 Å². The first-order chi connectivity index (χ1) is 13.6. The zero-order chi connectivity index (χ0) is 21.6. The van der Waals surface area contributed by atoms with Crippen LogP contribution in [-0.2, 0) is 9.47 Å². The van der Waals surface area contributed by atoms with E-state index < -0.39 is 16.8 Å². The Morgan fingerprint density at radius 1 is 1.41 bits per heavy atom. The van der Waals surface area contributed by atoms with Gasteiger partial charge in [-0.3, -0.25) is 10.1 Å². The number of hydrogen-bond donors (Lipinski definition) is 2. The Bertz CT molecular complexity index is 705. The predicted octanol–water partition coefficient (Wildman–Crippen LogP) is 2.34. The van der Waals surface area contributed by atoms with Crippen molar-refractivity contribution < 1.29 is 24.6 Å². The monoisotopic (exact) mass is 451 g/mol. The molecule has 12 heteroatoms. The molecule has 4 N–H and O–H groups in total. The first-order valence-electron chi connectivity index (χ1n) is 9.41. The second-order valence-electron chi connectivity index (χ2n) is 7.21. The Hall–Kier alpha value is -1.24. The summed E-state index contributed by atoms with van der Waals surface area (Å²) in [6.45, 7) is 5.29. The number of hydrogen-bond acceptors (Lipinski definition) is 9. The molecular formula is C17H28ClN4O6S+. The molecule has 1 aliphatic carbocycles. The van der Waals surface area contributed by atoms with Crippen LogP contribution in [0.5, 0.6) is 0 Å². The molecule has 10 nitrogen and oxygen atoms in total. The molecule has 1 saturated carbocycles. The maximum absolute atomic E-state index is 11.5. The summed E-state index contributed by atoms with van der Waals surface area (Å²) in [7, 11) is 0. The minimum absolute atomic E-state index is 0.0605. The van der Waals surface area contributed by atoms with E-state index in [9.17, 15) is 10.1 Å². The van der Waals surface area contributed by atoms with Gasteiger partial charge in [0.1, 0.15) is 0 Å². The fourth-order valence-electron chi connectivity index (χ4n) is 3.08. The van der Waals surface area contributed by atoms with E-state index in [-0.39, 0.29) is 42.0 Å². The van der Waals surface area contributed by atoms with Gasteiger partial charge < -0.3 is 25.0 Å². The van der Waals surface area contributed by atoms with E-state index in [1.807, 2.05) is 6.92 Å². The standard InChI is InChI=1S/C17H27ClN4O6S/c1-4-7-29-16-20-14(18)13(22(25)26)15(21-16)19-10-8-11(27-6-5-23)12(9-10)28-17(2,3)24/h10-12,23-24H,4-9H2,1-3H3,(H,19,20,21)/p+1/t10?,11-,12-/m0/s1. The molecule has 3 atom stereocenters. The third-order valence-electron chi connectivity index (χ3n) is 4.10. The van der Waals surface area contributed by atoms with Crippen LogP contribution < -0.4 is 5.32 Å². The molecule has 1 aromatic rings. The van der Waals surface area contributed by atoms with Gasteiger partial charge in [0.25, 0.3) is 5.79 Å². The third kappa shape index (κ3) is 7.19. The molecule has 29 heavy (non-hydrogen) atoms. The van der Waals surface area contributed by atoms with Gasteiger partial charge in [0.15, 0.2) is 5.16 Å². The first-order valence-corrected chi connectivity index (χ1v) is 10.8. The summed E-state index contributed by atoms with van der Waals surface area (Å²) in [6.07, 6.45) is 1.11. The van der Waals surface area contributed by atoms with Crippen LogP contribution in [0.25, 0.3) is 0 Å². The summed E-state index contributed by atoms with van der Waals surface area (Å²) >= 11 is 7.43. The Balaban J connectivity index is 2.22. The lowest BCUT2D eigenvalue weighted by Crippen LogP contribution is -2.36. The summed E-state index contributed by atoms with van der Waals surface area (Å²) < 4.78 is 11.4. The minimum atomic E-state index is -1.12. The lowest BCUT2D eigenvalue weighted by atomic mass is 10.2. The van der Waals surface area contributed by atoms with Crippen LogP contribution >= 0.6 is 23.4 Å². The van der Waals surface area contributed by atoms with E-state index in [2.05, 4.69) is 15.3 Å². The van der Waals surface area contributed by atoms with E-state index in [0.29, 0.717) is 18.0 Å². The largest absolute Gasteiger partial charge is 0.420 e. The topological polar surface area (TPSA) is 143 Å². The van der Waals surface area contributed by atoms with Crippen LogP contribution in [0.4, 0.5) is 11.5 Å². The molecular weight excluding hydrogens is 424 g/mol. The predicted molar refractivity (Wildman–Crippen MR) is 111 cm³/mol. The van der Waals surface area contributed by atoms with Gasteiger partial charge in [0.2, 0.25) is 11.0 Å². The van der Waals surface area contributed by atoms with Crippen molar-refractivity contribution in [3.05, 3.63) is 15.3 Å². The highest BCUT2D eigenvalue weighted by Gasteiger charge is 2.41. The van der Waals surface area contributed by atoms with Crippen molar-refractivity contribution in [3.8, 4) is 0 Å². The van der Waals surface area contributed by atoms with Crippen LogP contribution in [0.15, 0.2) is 5.16 Å². The lowest BCUT2D eigenvalue weighted by molar-refractivity contribution is -0.384. The highest BCUT2D eigenvalue weighted by atomic mass is 35.5. The van der Waals surface area contributed by atoms with E-state index in [1.54, 1.807) is 13.8 Å². The molecule has 0 saturated heterocycles. The number of ether oxygens (including phenoxy) is 2. The lowest BCUT2D eigenvalue weighted by Gasteiger charge is -2.24. The van der Waals surface area contributed by atoms with Gasteiger partial charge in [-0.05, 0) is 19.3 Å². The summed E-state index contributed by atoms with van der Waals surface area (Å²) in [5.74, 6) is -0.290. The quantitative estimate of drug-likeness (QED) is 0.0984. The average molecular weight is 452 g/mol. The smallest absolute Gasteiger partial charge is 0.348 e. The van der Waals surface area contributed by atoms with Gasteiger partial charge >= 0.3 is 5.69 Å². The number of nitrogens with zero attached hydrogens (tertiary/aromatic N) is 3. The fraction of sp³-hybridized carbons (Fsp3) is 0.765. The molecule has 0 spiro atoms. The molecule has 1 unspecified atom stereocenters. The maximum atomic E-state index is 11.5. The molecule has 1 aliphatic rings. The SMILES string of the molecule is CCCSc1nc(Cl)c([N+](=O)[O-])c(NC2C[C@H](OCCO)[C@@H](OC(C)(C)[OH2+])C2)n1. The molecule has 164 valence electrons. The number of rotatable bonds is 11. The van der Waals surface area contributed by atoms with E-state index >= 15 is 0 Å². The summed E-state index contributed by atoms with van der Waals surface area (Å²) in [5, 5.41) is 31.8. The van der Waals surface area contributed by atoms with Crippen molar-refractivity contribution in [2.75, 3.05) is 24.3 Å². The van der Waals surface area contributed by atoms with Crippen LogP contribution in [0.3, 0.4) is 0 Å². The highest BCUT2D eigenvalue weighted by molar-refractivity contribution is 7.99. The van der Waals surface area contributed by atoms with Crippen molar-refractivity contribution in [3.63, 3.8) is 0 Å². The number of nitrogens with one attached hydrogen (secondary N) is 1.